The van der Waals surface area contributed by atoms with E-state index in [0.717, 1.165) is 5.69 Å². The molecule has 13 atom stereocenters. The monoisotopic (exact) mass is 1310 g/mol. The predicted molar refractivity (Wildman–Crippen MR) is 362 cm³/mol. The fourth-order valence-corrected chi connectivity index (χ4v) is 12.7. The first-order valence-corrected chi connectivity index (χ1v) is 34.1. The molecule has 0 radical (unpaired) electrons. The number of carbonyl (C=O) groups excluding carboxylic acids is 11. The lowest BCUT2D eigenvalue weighted by Gasteiger charge is -2.42. The predicted octanol–water partition coefficient (Wildman–Crippen LogP) is 6.88. The smallest absolute Gasteiger partial charge is 0.246 e. The van der Waals surface area contributed by atoms with E-state index in [9.17, 15) is 38.7 Å². The summed E-state index contributed by atoms with van der Waals surface area (Å²) in [5.74, 6) is -11.0. The molecule has 528 valence electrons. The molecule has 1 aromatic rings. The largest absolute Gasteiger partial charge is 0.390 e. The van der Waals surface area contributed by atoms with E-state index in [1.165, 1.54) is 90.6 Å². The van der Waals surface area contributed by atoms with Crippen LogP contribution in [0.2, 0.25) is 0 Å². The first-order chi connectivity index (χ1) is 43.0. The number of aromatic nitrogens is 1. The lowest BCUT2D eigenvalue weighted by molar-refractivity contribution is -0.157. The van der Waals surface area contributed by atoms with Crippen LogP contribution in [0.1, 0.15) is 181 Å². The van der Waals surface area contributed by atoms with Crippen molar-refractivity contribution in [3.05, 3.63) is 30.1 Å². The molecule has 0 spiro atoms. The summed E-state index contributed by atoms with van der Waals surface area (Å²) in [6.07, 6.45) is 0.534. The first-order valence-electron chi connectivity index (χ1n) is 34.1. The number of likely N-dealkylation sites (N-methyl/N-ethyl adjacent to an activating group) is 7. The molecule has 2 heterocycles. The maximum Gasteiger partial charge on any atom is 0.246 e. The van der Waals surface area contributed by atoms with Gasteiger partial charge in [0, 0.05) is 99.1 Å². The summed E-state index contributed by atoms with van der Waals surface area (Å²) in [6.45, 7) is 31.4. The second-order valence-corrected chi connectivity index (χ2v) is 29.4. The van der Waals surface area contributed by atoms with Gasteiger partial charge < -0.3 is 49.6 Å². The van der Waals surface area contributed by atoms with E-state index in [1.54, 1.807) is 47.7 Å². The summed E-state index contributed by atoms with van der Waals surface area (Å²) in [4.78, 5) is 179. The summed E-state index contributed by atoms with van der Waals surface area (Å²) in [5, 5.41) is 15.3. The lowest BCUT2D eigenvalue weighted by Crippen LogP contribution is -2.62. The fourth-order valence-electron chi connectivity index (χ4n) is 12.7. The molecule has 2 rings (SSSR count). The van der Waals surface area contributed by atoms with Gasteiger partial charge in [0.15, 0.2) is 17.3 Å². The summed E-state index contributed by atoms with van der Waals surface area (Å²) >= 11 is 0. The number of amides is 8. The van der Waals surface area contributed by atoms with Gasteiger partial charge in [-0.05, 0) is 120 Å². The molecule has 1 aliphatic heterocycles. The number of hydrogen-bond donors (Lipinski definition) is 2. The summed E-state index contributed by atoms with van der Waals surface area (Å²) in [5.41, 5.74) is 0.834. The Kier molecular flexibility index (Phi) is 33.7. The molecule has 0 saturated carbocycles. The van der Waals surface area contributed by atoms with E-state index in [2.05, 4.69) is 10.3 Å². The SMILES string of the molecule is CC[C@H]1CC(=O)[C@@H]([C@H](O)[C@H](C)CCN(C)Cc2ccccn2)N(C)C(=O)[C@@H](C(C)C)N(C)C(=O)[C@@H](CC(C)C)N(C)C(=O)[C@@H](CC(C)C)N(C)C(=O)[C@H](C)NC(=O)[C@@H](C)CC(=O)[C@@H](CC(C)C)N(C)C(=O)[C@@H](C(C)C)CC(=O)[C@H](CC(C)C)N(C)C(=O)[C@@H](C)N(C)C1=O. The molecule has 1 aromatic heterocycles. The molecule has 1 saturated heterocycles. The molecule has 1 fully saturated rings. The first kappa shape index (κ1) is 82.9. The van der Waals surface area contributed by atoms with Gasteiger partial charge >= 0.3 is 0 Å². The number of carbonyl (C=O) groups is 11. The van der Waals surface area contributed by atoms with Gasteiger partial charge in [-0.2, -0.15) is 0 Å². The van der Waals surface area contributed by atoms with E-state index in [0.29, 0.717) is 19.5 Å². The van der Waals surface area contributed by atoms with E-state index in [4.69, 9.17) is 0 Å². The van der Waals surface area contributed by atoms with Crippen molar-refractivity contribution in [3.8, 4) is 0 Å². The number of nitrogens with one attached hydrogen (secondary N) is 1. The van der Waals surface area contributed by atoms with Crippen molar-refractivity contribution >= 4 is 64.6 Å². The Bertz CT molecular complexity index is 2670. The van der Waals surface area contributed by atoms with Gasteiger partial charge in [0.25, 0.3) is 0 Å². The zero-order chi connectivity index (χ0) is 71.5. The van der Waals surface area contributed by atoms with Crippen LogP contribution in [0.25, 0.3) is 0 Å². The van der Waals surface area contributed by atoms with Crippen LogP contribution in [-0.4, -0.2) is 231 Å². The van der Waals surface area contributed by atoms with E-state index >= 15 is 19.2 Å². The number of pyridine rings is 1. The van der Waals surface area contributed by atoms with E-state index < -0.39 is 155 Å². The molecule has 0 bridgehead atoms. The average molecular weight is 1310 g/mol. The minimum atomic E-state index is -1.53. The zero-order valence-electron chi connectivity index (χ0n) is 61.5. The minimum Gasteiger partial charge on any atom is -0.390 e. The topological polar surface area (TPSA) is 259 Å². The van der Waals surface area contributed by atoms with Gasteiger partial charge in [0.2, 0.25) is 47.3 Å². The lowest BCUT2D eigenvalue weighted by atomic mass is 9.84. The third-order valence-electron chi connectivity index (χ3n) is 18.9. The van der Waals surface area contributed by atoms with Gasteiger partial charge in [0.1, 0.15) is 36.3 Å². The highest BCUT2D eigenvalue weighted by Crippen LogP contribution is 2.30. The van der Waals surface area contributed by atoms with Crippen molar-refractivity contribution in [2.45, 2.75) is 236 Å². The second kappa shape index (κ2) is 37.8. The van der Waals surface area contributed by atoms with Gasteiger partial charge in [0.05, 0.1) is 23.9 Å². The van der Waals surface area contributed by atoms with Crippen LogP contribution in [0.4, 0.5) is 0 Å². The fraction of sp³-hybridized carbons (Fsp3) is 0.775. The van der Waals surface area contributed by atoms with Crippen molar-refractivity contribution in [3.63, 3.8) is 0 Å². The van der Waals surface area contributed by atoms with Crippen LogP contribution < -0.4 is 5.32 Å². The van der Waals surface area contributed by atoms with Crippen LogP contribution in [0, 0.1) is 59.2 Å². The van der Waals surface area contributed by atoms with Gasteiger partial charge in [-0.3, -0.25) is 57.7 Å². The quantitative estimate of drug-likeness (QED) is 0.152. The zero-order valence-corrected chi connectivity index (χ0v) is 61.5. The standard InChI is InChI=1S/C71H122N10O12/c1-26-51-38-60(84)62(63(85)47(14)30-32-74(18)40-52-29-27-28-31-72-52)81(25)71(93)61(46(12)13)80(24)70(92)57(36-44(8)9)79(23)69(91)56(35-43(6)7)78(22)65(87)49(16)73-64(86)48(15)37-58(82)54(33-41(2)3)77(21)68(90)53(45(10)11)39-59(83)55(34-42(4)5)76(20)66(88)50(17)75(19)67(51)89/h27-29,31,41-51,53-57,61-63,85H,26,30,32-40H2,1-25H3,(H,73,86)/t47-,48+,49+,50-,51+,53-,54-,55+,56-,57-,61-,62+,63-/m1/s1. The maximum atomic E-state index is 15.5. The molecule has 93 heavy (non-hydrogen) atoms. The van der Waals surface area contributed by atoms with Crippen LogP contribution in [0.15, 0.2) is 24.4 Å². The average Bonchev–Trinajstić information content (AvgIpc) is 0.841. The Morgan fingerprint density at radius 3 is 1.43 bits per heavy atom. The van der Waals surface area contributed by atoms with Crippen molar-refractivity contribution in [2.75, 3.05) is 62.9 Å². The Morgan fingerprint density at radius 1 is 0.516 bits per heavy atom. The van der Waals surface area contributed by atoms with E-state index in [1.807, 2.05) is 99.4 Å². The molecule has 0 aromatic carbocycles. The second-order valence-electron chi connectivity index (χ2n) is 29.4. The molecular formula is C71H122N10O12. The third kappa shape index (κ3) is 23.3. The number of Topliss-reactive ketones (excluding diaryl/α,β-unsaturated/α-hetero) is 3. The normalized spacial score (nSPS) is 26.6. The Hall–Kier alpha value is -6.16. The highest BCUT2D eigenvalue weighted by atomic mass is 16.3. The summed E-state index contributed by atoms with van der Waals surface area (Å²) < 4.78 is 0. The minimum absolute atomic E-state index is 0.0735. The Morgan fingerprint density at radius 2 is 0.968 bits per heavy atom. The molecular weight excluding hydrogens is 1180 g/mol. The Labute approximate surface area is 558 Å². The van der Waals surface area contributed by atoms with Crippen LogP contribution in [0.5, 0.6) is 0 Å². The molecule has 0 unspecified atom stereocenters. The maximum absolute atomic E-state index is 15.5. The Balaban J connectivity index is 3.01. The number of hydrogen-bond acceptors (Lipinski definition) is 14. The highest BCUT2D eigenvalue weighted by Gasteiger charge is 2.46. The molecule has 2 N–H and O–H groups in total. The number of rotatable bonds is 18. The molecule has 22 nitrogen and oxygen atoms in total. The number of aliphatic hydroxyl groups is 1. The summed E-state index contributed by atoms with van der Waals surface area (Å²) in [7, 11) is 12.2. The van der Waals surface area contributed by atoms with Crippen molar-refractivity contribution in [1.29, 1.82) is 0 Å². The van der Waals surface area contributed by atoms with Crippen molar-refractivity contribution in [2.24, 2.45) is 59.2 Å². The highest BCUT2D eigenvalue weighted by molar-refractivity contribution is 6.00. The number of aliphatic hydroxyl groups excluding tert-OH is 1. The van der Waals surface area contributed by atoms with Crippen LogP contribution in [0.3, 0.4) is 0 Å². The number of ketones is 3. The number of nitrogens with zero attached hydrogens (tertiary/aromatic N) is 9. The molecule has 0 aliphatic carbocycles. The van der Waals surface area contributed by atoms with Crippen molar-refractivity contribution < 1.29 is 57.8 Å². The van der Waals surface area contributed by atoms with Gasteiger partial charge in [-0.15, -0.1) is 0 Å². The van der Waals surface area contributed by atoms with Gasteiger partial charge in [-0.25, -0.2) is 0 Å². The van der Waals surface area contributed by atoms with E-state index in [-0.39, 0.29) is 74.4 Å². The molecule has 8 amide bonds. The summed E-state index contributed by atoms with van der Waals surface area (Å²) in [6, 6.07) is -3.77. The van der Waals surface area contributed by atoms with Gasteiger partial charge in [-0.1, -0.05) is 110 Å². The van der Waals surface area contributed by atoms with Crippen LogP contribution >= 0.6 is 0 Å². The molecule has 1 aliphatic rings. The third-order valence-corrected chi connectivity index (χ3v) is 18.9. The van der Waals surface area contributed by atoms with Crippen molar-refractivity contribution in [1.82, 2.24) is 49.5 Å². The van der Waals surface area contributed by atoms with Crippen LogP contribution in [-0.2, 0) is 59.3 Å². The molecule has 22 heteroatoms.